The molecule has 2 aromatic carbocycles. The zero-order chi connectivity index (χ0) is 16.0. The lowest BCUT2D eigenvalue weighted by atomic mass is 10.1. The molecule has 0 fully saturated rings. The lowest BCUT2D eigenvalue weighted by Gasteiger charge is -2.07. The van der Waals surface area contributed by atoms with Crippen molar-refractivity contribution in [1.29, 1.82) is 5.26 Å². The van der Waals surface area contributed by atoms with Crippen LogP contribution < -0.4 is 0 Å². The topological polar surface area (TPSA) is 67.4 Å². The molecule has 0 atom stereocenters. The van der Waals surface area contributed by atoms with Gasteiger partial charge in [-0.3, -0.25) is 4.40 Å². The van der Waals surface area contributed by atoms with Crippen molar-refractivity contribution < 1.29 is 9.53 Å². The number of fused-ring (bicyclic) bond motifs is 5. The summed E-state index contributed by atoms with van der Waals surface area (Å²) in [4.78, 5) is 16.4. The van der Waals surface area contributed by atoms with Crippen LogP contribution in [0.3, 0.4) is 0 Å². The zero-order valence-corrected chi connectivity index (χ0v) is 12.3. The number of hydrogen-bond acceptors (Lipinski definition) is 4. The van der Waals surface area contributed by atoms with E-state index >= 15 is 0 Å². The fourth-order valence-electron chi connectivity index (χ4n) is 2.86. The van der Waals surface area contributed by atoms with E-state index in [1.54, 1.807) is 18.2 Å². The normalized spacial score (nSPS) is 11.0. The molecule has 5 heteroatoms. The Labute approximate surface area is 131 Å². The summed E-state index contributed by atoms with van der Waals surface area (Å²) in [6.45, 7) is 0. The number of carbonyl (C=O) groups excluding carboxylic acids is 1. The predicted molar refractivity (Wildman–Crippen MR) is 86.3 cm³/mol. The summed E-state index contributed by atoms with van der Waals surface area (Å²) in [5.74, 6) is -0.395. The second-order valence-electron chi connectivity index (χ2n) is 5.19. The number of nitriles is 1. The van der Waals surface area contributed by atoms with Crippen LogP contribution in [0.1, 0.15) is 15.9 Å². The first-order valence-corrected chi connectivity index (χ1v) is 7.05. The molecule has 0 aliphatic heterocycles. The standard InChI is InChI=1S/C18H11N3O2/c1-23-18(22)12-7-6-11-8-13(10-19)17-20-14-4-2-3-5-15(14)21(17)16(11)9-12/h2-9H,1H3. The number of rotatable bonds is 1. The summed E-state index contributed by atoms with van der Waals surface area (Å²) < 4.78 is 6.71. The Balaban J connectivity index is 2.23. The van der Waals surface area contributed by atoms with Gasteiger partial charge in [0.2, 0.25) is 0 Å². The number of pyridine rings is 1. The smallest absolute Gasteiger partial charge is 0.337 e. The minimum Gasteiger partial charge on any atom is -0.465 e. The highest BCUT2D eigenvalue weighted by molar-refractivity contribution is 5.98. The quantitative estimate of drug-likeness (QED) is 0.506. The van der Waals surface area contributed by atoms with Gasteiger partial charge in [0.15, 0.2) is 5.65 Å². The van der Waals surface area contributed by atoms with Gasteiger partial charge < -0.3 is 4.74 Å². The van der Waals surface area contributed by atoms with Crippen LogP contribution in [0.25, 0.3) is 27.6 Å². The molecule has 0 bridgehead atoms. The molecule has 0 aliphatic carbocycles. The van der Waals surface area contributed by atoms with Crippen molar-refractivity contribution in [3.8, 4) is 6.07 Å². The van der Waals surface area contributed by atoms with Crippen LogP contribution in [0.2, 0.25) is 0 Å². The Kier molecular flexibility index (Phi) is 2.78. The summed E-state index contributed by atoms with van der Waals surface area (Å²) in [7, 11) is 1.35. The highest BCUT2D eigenvalue weighted by Crippen LogP contribution is 2.26. The zero-order valence-electron chi connectivity index (χ0n) is 12.3. The SMILES string of the molecule is COC(=O)c1ccc2cc(C#N)c3nc4ccccc4n3c2c1. The Morgan fingerprint density at radius 1 is 1.17 bits per heavy atom. The van der Waals surface area contributed by atoms with Gasteiger partial charge in [-0.2, -0.15) is 5.26 Å². The molecule has 2 heterocycles. The van der Waals surface area contributed by atoms with Crippen molar-refractivity contribution in [3.63, 3.8) is 0 Å². The lowest BCUT2D eigenvalue weighted by molar-refractivity contribution is 0.0601. The van der Waals surface area contributed by atoms with E-state index in [1.165, 1.54) is 7.11 Å². The van der Waals surface area contributed by atoms with E-state index in [4.69, 9.17) is 4.74 Å². The minimum absolute atomic E-state index is 0.395. The molecule has 0 saturated heterocycles. The van der Waals surface area contributed by atoms with Crippen molar-refractivity contribution in [2.75, 3.05) is 7.11 Å². The fourth-order valence-corrected chi connectivity index (χ4v) is 2.86. The summed E-state index contributed by atoms with van der Waals surface area (Å²) in [6, 6.07) is 16.9. The molecule has 4 aromatic rings. The maximum atomic E-state index is 11.8. The fraction of sp³-hybridized carbons (Fsp3) is 0.0556. The molecule has 0 aliphatic rings. The van der Waals surface area contributed by atoms with Crippen LogP contribution in [0.5, 0.6) is 0 Å². The van der Waals surface area contributed by atoms with E-state index in [1.807, 2.05) is 34.7 Å². The lowest BCUT2D eigenvalue weighted by Crippen LogP contribution is -2.02. The number of nitrogens with zero attached hydrogens (tertiary/aromatic N) is 3. The van der Waals surface area contributed by atoms with Crippen LogP contribution in [0.15, 0.2) is 48.5 Å². The van der Waals surface area contributed by atoms with Gasteiger partial charge in [-0.1, -0.05) is 18.2 Å². The van der Waals surface area contributed by atoms with Gasteiger partial charge in [0, 0.05) is 5.39 Å². The number of ether oxygens (including phenoxy) is 1. The molecular weight excluding hydrogens is 290 g/mol. The third kappa shape index (κ3) is 1.86. The number of para-hydroxylation sites is 2. The van der Waals surface area contributed by atoms with E-state index in [0.29, 0.717) is 16.8 Å². The maximum absolute atomic E-state index is 11.8. The number of benzene rings is 2. The maximum Gasteiger partial charge on any atom is 0.337 e. The van der Waals surface area contributed by atoms with Crippen molar-refractivity contribution >= 4 is 33.6 Å². The summed E-state index contributed by atoms with van der Waals surface area (Å²) in [5, 5.41) is 10.3. The highest BCUT2D eigenvalue weighted by Gasteiger charge is 2.14. The van der Waals surface area contributed by atoms with E-state index in [0.717, 1.165) is 21.9 Å². The molecule has 0 N–H and O–H groups in total. The minimum atomic E-state index is -0.395. The Bertz CT molecular complexity index is 1140. The molecule has 23 heavy (non-hydrogen) atoms. The molecular formula is C18H11N3O2. The highest BCUT2D eigenvalue weighted by atomic mass is 16.5. The van der Waals surface area contributed by atoms with Crippen molar-refractivity contribution in [2.24, 2.45) is 0 Å². The number of carbonyl (C=O) groups is 1. The van der Waals surface area contributed by atoms with E-state index in [2.05, 4.69) is 11.1 Å². The third-order valence-corrected chi connectivity index (χ3v) is 3.91. The Morgan fingerprint density at radius 3 is 2.78 bits per heavy atom. The van der Waals surface area contributed by atoms with Gasteiger partial charge in [-0.05, 0) is 30.3 Å². The van der Waals surface area contributed by atoms with Crippen molar-refractivity contribution in [1.82, 2.24) is 9.38 Å². The van der Waals surface area contributed by atoms with Gasteiger partial charge in [0.25, 0.3) is 0 Å². The van der Waals surface area contributed by atoms with Crippen LogP contribution in [-0.4, -0.2) is 22.5 Å². The van der Waals surface area contributed by atoms with Crippen molar-refractivity contribution in [3.05, 3.63) is 59.7 Å². The largest absolute Gasteiger partial charge is 0.465 e. The molecule has 4 rings (SSSR count). The summed E-state index contributed by atoms with van der Waals surface area (Å²) in [5.41, 5.74) is 4.06. The van der Waals surface area contributed by atoms with E-state index < -0.39 is 5.97 Å². The average molecular weight is 301 g/mol. The van der Waals surface area contributed by atoms with Gasteiger partial charge in [-0.25, -0.2) is 9.78 Å². The van der Waals surface area contributed by atoms with Gasteiger partial charge in [-0.15, -0.1) is 0 Å². The first kappa shape index (κ1) is 13.3. The number of methoxy groups -OCH3 is 1. The van der Waals surface area contributed by atoms with E-state index in [9.17, 15) is 10.1 Å². The molecule has 0 amide bonds. The van der Waals surface area contributed by atoms with Gasteiger partial charge in [0.05, 0.1) is 34.8 Å². The second-order valence-corrected chi connectivity index (χ2v) is 5.19. The Hall–Kier alpha value is -3.39. The monoisotopic (exact) mass is 301 g/mol. The number of hydrogen-bond donors (Lipinski definition) is 0. The number of esters is 1. The van der Waals surface area contributed by atoms with Crippen molar-refractivity contribution in [2.45, 2.75) is 0 Å². The Morgan fingerprint density at radius 2 is 2.00 bits per heavy atom. The van der Waals surface area contributed by atoms with Crippen LogP contribution >= 0.6 is 0 Å². The molecule has 2 aromatic heterocycles. The summed E-state index contributed by atoms with van der Waals surface area (Å²) in [6.07, 6.45) is 0. The first-order valence-electron chi connectivity index (χ1n) is 7.05. The van der Waals surface area contributed by atoms with E-state index in [-0.39, 0.29) is 0 Å². The summed E-state index contributed by atoms with van der Waals surface area (Å²) >= 11 is 0. The van der Waals surface area contributed by atoms with Crippen LogP contribution in [-0.2, 0) is 4.74 Å². The number of aromatic nitrogens is 2. The molecule has 0 saturated carbocycles. The van der Waals surface area contributed by atoms with Crippen LogP contribution in [0, 0.1) is 11.3 Å². The second kappa shape index (κ2) is 4.82. The molecule has 0 spiro atoms. The first-order chi connectivity index (χ1) is 11.2. The average Bonchev–Trinajstić information content (AvgIpc) is 2.99. The third-order valence-electron chi connectivity index (χ3n) is 3.91. The number of imidazole rings is 1. The molecule has 5 nitrogen and oxygen atoms in total. The van der Waals surface area contributed by atoms with Crippen LogP contribution in [0.4, 0.5) is 0 Å². The molecule has 0 radical (unpaired) electrons. The molecule has 0 unspecified atom stereocenters. The van der Waals surface area contributed by atoms with Gasteiger partial charge >= 0.3 is 5.97 Å². The predicted octanol–water partition coefficient (Wildman–Crippen LogP) is 3.30. The van der Waals surface area contributed by atoms with Gasteiger partial charge in [0.1, 0.15) is 6.07 Å². The molecule has 110 valence electrons.